The van der Waals surface area contributed by atoms with E-state index >= 15 is 0 Å². The molecule has 1 N–H and O–H groups in total. The van der Waals surface area contributed by atoms with E-state index in [-0.39, 0.29) is 17.4 Å². The standard InChI is InChI=1S/C20H22FNO5/c1-12(2)27-17-8-6-14(9-18(17)25-4)20(24)26-11-19(23)22-15-7-5-13(3)16(21)10-15/h5-10,12H,11H2,1-4H3,(H,22,23). The van der Waals surface area contributed by atoms with Gasteiger partial charge in [-0.15, -0.1) is 0 Å². The molecule has 2 aromatic rings. The molecule has 0 saturated heterocycles. The summed E-state index contributed by atoms with van der Waals surface area (Å²) < 4.78 is 29.3. The Morgan fingerprint density at radius 2 is 1.85 bits per heavy atom. The molecule has 0 aliphatic rings. The third kappa shape index (κ3) is 5.70. The molecule has 0 atom stereocenters. The largest absolute Gasteiger partial charge is 0.493 e. The maximum Gasteiger partial charge on any atom is 0.338 e. The van der Waals surface area contributed by atoms with Crippen molar-refractivity contribution in [3.05, 3.63) is 53.3 Å². The van der Waals surface area contributed by atoms with Gasteiger partial charge in [-0.3, -0.25) is 4.79 Å². The second-order valence-corrected chi connectivity index (χ2v) is 6.12. The van der Waals surface area contributed by atoms with Crippen LogP contribution < -0.4 is 14.8 Å². The third-order valence-corrected chi connectivity index (χ3v) is 3.55. The average Bonchev–Trinajstić information content (AvgIpc) is 2.62. The van der Waals surface area contributed by atoms with E-state index in [0.717, 1.165) is 0 Å². The number of esters is 1. The van der Waals surface area contributed by atoms with Gasteiger partial charge in [0.15, 0.2) is 18.1 Å². The summed E-state index contributed by atoms with van der Waals surface area (Å²) in [5.74, 6) is -0.797. The molecule has 0 bridgehead atoms. The van der Waals surface area contributed by atoms with Gasteiger partial charge in [0.05, 0.1) is 18.8 Å². The van der Waals surface area contributed by atoms with Gasteiger partial charge in [0.2, 0.25) is 0 Å². The summed E-state index contributed by atoms with van der Waals surface area (Å²) >= 11 is 0. The van der Waals surface area contributed by atoms with Gasteiger partial charge in [-0.25, -0.2) is 9.18 Å². The van der Waals surface area contributed by atoms with Gasteiger partial charge in [0.25, 0.3) is 5.91 Å². The SMILES string of the molecule is COc1cc(C(=O)OCC(=O)Nc2ccc(C)c(F)c2)ccc1OC(C)C. The first-order chi connectivity index (χ1) is 12.8. The molecule has 2 rings (SSSR count). The van der Waals surface area contributed by atoms with E-state index in [1.165, 1.54) is 25.3 Å². The fourth-order valence-electron chi connectivity index (χ4n) is 2.23. The minimum absolute atomic E-state index is 0.0491. The minimum atomic E-state index is -0.686. The summed E-state index contributed by atoms with van der Waals surface area (Å²) in [6.07, 6.45) is -0.0491. The molecule has 0 spiro atoms. The van der Waals surface area contributed by atoms with Crippen LogP contribution in [0.1, 0.15) is 29.8 Å². The first kappa shape index (κ1) is 20.2. The summed E-state index contributed by atoms with van der Waals surface area (Å²) in [7, 11) is 1.46. The van der Waals surface area contributed by atoms with Crippen LogP contribution in [0.4, 0.5) is 10.1 Å². The summed E-state index contributed by atoms with van der Waals surface area (Å²) in [5, 5.41) is 2.47. The zero-order valence-corrected chi connectivity index (χ0v) is 15.7. The quantitative estimate of drug-likeness (QED) is 0.747. The Morgan fingerprint density at radius 3 is 2.48 bits per heavy atom. The molecule has 0 saturated carbocycles. The minimum Gasteiger partial charge on any atom is -0.493 e. The molecule has 27 heavy (non-hydrogen) atoms. The summed E-state index contributed by atoms with van der Waals surface area (Å²) in [6, 6.07) is 8.92. The van der Waals surface area contributed by atoms with E-state index < -0.39 is 24.3 Å². The number of nitrogens with one attached hydrogen (secondary N) is 1. The zero-order chi connectivity index (χ0) is 20.0. The average molecular weight is 375 g/mol. The number of ether oxygens (including phenoxy) is 3. The smallest absolute Gasteiger partial charge is 0.338 e. The Kier molecular flexibility index (Phi) is 6.76. The van der Waals surface area contributed by atoms with Crippen molar-refractivity contribution in [2.45, 2.75) is 26.9 Å². The highest BCUT2D eigenvalue weighted by molar-refractivity contribution is 5.95. The Hall–Kier alpha value is -3.09. The first-order valence-electron chi connectivity index (χ1n) is 8.38. The molecule has 0 unspecified atom stereocenters. The highest BCUT2D eigenvalue weighted by atomic mass is 19.1. The van der Waals surface area contributed by atoms with Crippen molar-refractivity contribution in [2.75, 3.05) is 19.0 Å². The van der Waals surface area contributed by atoms with Crippen molar-refractivity contribution in [3.63, 3.8) is 0 Å². The first-order valence-corrected chi connectivity index (χ1v) is 8.38. The molecule has 0 aliphatic carbocycles. The Bertz CT molecular complexity index is 835. The number of benzene rings is 2. The summed E-state index contributed by atoms with van der Waals surface area (Å²) in [6.45, 7) is 4.87. The van der Waals surface area contributed by atoms with Crippen LogP contribution in [0, 0.1) is 12.7 Å². The zero-order valence-electron chi connectivity index (χ0n) is 15.7. The van der Waals surface area contributed by atoms with E-state index in [2.05, 4.69) is 5.32 Å². The van der Waals surface area contributed by atoms with Gasteiger partial charge in [-0.2, -0.15) is 0 Å². The topological polar surface area (TPSA) is 73.9 Å². The number of rotatable bonds is 7. The predicted molar refractivity (Wildman–Crippen MR) is 98.8 cm³/mol. The maximum atomic E-state index is 13.5. The molecule has 0 radical (unpaired) electrons. The van der Waals surface area contributed by atoms with Crippen LogP contribution in [0.15, 0.2) is 36.4 Å². The van der Waals surface area contributed by atoms with Gasteiger partial charge in [0, 0.05) is 5.69 Å². The molecule has 144 valence electrons. The molecule has 0 fully saturated rings. The maximum absolute atomic E-state index is 13.5. The van der Waals surface area contributed by atoms with Crippen molar-refractivity contribution in [2.24, 2.45) is 0 Å². The number of hydrogen-bond donors (Lipinski definition) is 1. The van der Waals surface area contributed by atoms with E-state index in [9.17, 15) is 14.0 Å². The molecule has 0 heterocycles. The van der Waals surface area contributed by atoms with Gasteiger partial charge < -0.3 is 19.5 Å². The normalized spacial score (nSPS) is 10.4. The van der Waals surface area contributed by atoms with Crippen LogP contribution >= 0.6 is 0 Å². The van der Waals surface area contributed by atoms with Crippen LogP contribution in [0.5, 0.6) is 11.5 Å². The van der Waals surface area contributed by atoms with Gasteiger partial charge >= 0.3 is 5.97 Å². The fourth-order valence-corrected chi connectivity index (χ4v) is 2.23. The van der Waals surface area contributed by atoms with Crippen molar-refractivity contribution in [3.8, 4) is 11.5 Å². The molecule has 0 aliphatic heterocycles. The van der Waals surface area contributed by atoms with Crippen molar-refractivity contribution in [1.82, 2.24) is 0 Å². The lowest BCUT2D eigenvalue weighted by atomic mass is 10.2. The number of carbonyl (C=O) groups excluding carboxylic acids is 2. The lowest BCUT2D eigenvalue weighted by molar-refractivity contribution is -0.119. The Labute approximate surface area is 157 Å². The van der Waals surface area contributed by atoms with E-state index in [0.29, 0.717) is 17.1 Å². The molecule has 0 aromatic heterocycles. The van der Waals surface area contributed by atoms with Crippen LogP contribution in [0.2, 0.25) is 0 Å². The van der Waals surface area contributed by atoms with Crippen LogP contribution in [-0.2, 0) is 9.53 Å². The molecular formula is C20H22FNO5. The van der Waals surface area contributed by atoms with Crippen LogP contribution in [0.3, 0.4) is 0 Å². The van der Waals surface area contributed by atoms with E-state index in [4.69, 9.17) is 14.2 Å². The third-order valence-electron chi connectivity index (χ3n) is 3.55. The van der Waals surface area contributed by atoms with Gasteiger partial charge in [0.1, 0.15) is 5.82 Å². The Balaban J connectivity index is 1.96. The number of anilines is 1. The van der Waals surface area contributed by atoms with Crippen molar-refractivity contribution >= 4 is 17.6 Å². The highest BCUT2D eigenvalue weighted by Crippen LogP contribution is 2.29. The monoisotopic (exact) mass is 375 g/mol. The number of halogens is 1. The molecule has 7 heteroatoms. The van der Waals surface area contributed by atoms with Crippen LogP contribution in [0.25, 0.3) is 0 Å². The van der Waals surface area contributed by atoms with Crippen LogP contribution in [-0.4, -0.2) is 31.7 Å². The second-order valence-electron chi connectivity index (χ2n) is 6.12. The second kappa shape index (κ2) is 9.02. The molecule has 2 aromatic carbocycles. The number of hydrogen-bond acceptors (Lipinski definition) is 5. The lowest BCUT2D eigenvalue weighted by Crippen LogP contribution is -2.21. The number of amides is 1. The summed E-state index contributed by atoms with van der Waals surface area (Å²) in [5.41, 5.74) is 0.978. The van der Waals surface area contributed by atoms with Gasteiger partial charge in [-0.05, 0) is 56.7 Å². The number of methoxy groups -OCH3 is 1. The van der Waals surface area contributed by atoms with Crippen molar-refractivity contribution in [1.29, 1.82) is 0 Å². The summed E-state index contributed by atoms with van der Waals surface area (Å²) in [4.78, 5) is 24.0. The van der Waals surface area contributed by atoms with E-state index in [1.807, 2.05) is 13.8 Å². The van der Waals surface area contributed by atoms with Crippen molar-refractivity contribution < 1.29 is 28.2 Å². The Morgan fingerprint density at radius 1 is 1.11 bits per heavy atom. The number of carbonyl (C=O) groups is 2. The van der Waals surface area contributed by atoms with Gasteiger partial charge in [-0.1, -0.05) is 6.07 Å². The fraction of sp³-hybridized carbons (Fsp3) is 0.300. The predicted octanol–water partition coefficient (Wildman–Crippen LogP) is 3.73. The molecule has 6 nitrogen and oxygen atoms in total. The van der Waals surface area contributed by atoms with E-state index in [1.54, 1.807) is 25.1 Å². The highest BCUT2D eigenvalue weighted by Gasteiger charge is 2.15. The lowest BCUT2D eigenvalue weighted by Gasteiger charge is -2.14. The molecule has 1 amide bonds. The number of aryl methyl sites for hydroxylation is 1. The molecular weight excluding hydrogens is 353 g/mol.